The molecule has 5 atom stereocenters. The number of allylic oxidation sites excluding steroid dienone is 20. The van der Waals surface area contributed by atoms with Crippen molar-refractivity contribution in [2.75, 3.05) is 39.6 Å². The van der Waals surface area contributed by atoms with Crippen LogP contribution in [0.2, 0.25) is 0 Å². The molecular weight excluding hydrogens is 1330 g/mol. The van der Waals surface area contributed by atoms with Crippen LogP contribution in [-0.2, 0) is 65.4 Å². The zero-order chi connectivity index (χ0) is 74.6. The first-order valence-electron chi connectivity index (χ1n) is 39.8. The Balaban J connectivity index is 5.46. The molecule has 19 heteroatoms. The standard InChI is InChI=1S/C83H142O17P2/c1-5-9-13-17-21-25-29-33-35-37-38-40-41-45-48-52-56-60-64-68-81(86)94-74-79(100-83(88)70-66-62-58-54-50-46-42-39-36-34-30-26-22-18-14-10-6-2)76-98-102(91,92)96-72-77(84)71-95-101(89,90)97-75-78(99-82(87)69-65-61-57-53-49-44-32-28-24-20-16-12-8-4)73-93-80(85)67-63-59-55-51-47-43-31-27-23-19-15-11-7-3/h9,13,21-22,25-26,33-36,38,40,42,45-46,48,54,56,58,60,77-79,84H,5-8,10-12,14-20,23-24,27-32,37,39,41,43-44,47,49-53,55,57,59,61-76H2,1-4H3,(H,89,90)(H,91,92)/b13-9-,25-21-,26-22-,35-33-,36-34-,40-38-,46-42-,48-45-,58-54-,60-56-/t77-,78+,79+/m0/s1. The maximum absolute atomic E-state index is 13.1. The average Bonchev–Trinajstić information content (AvgIpc) is 0.923. The van der Waals surface area contributed by atoms with Gasteiger partial charge in [0.05, 0.1) is 26.4 Å². The third-order valence-corrected chi connectivity index (χ3v) is 18.4. The Kier molecular flexibility index (Phi) is 71.4. The number of carbonyl (C=O) groups is 4. The highest BCUT2D eigenvalue weighted by Gasteiger charge is 2.30. The molecule has 0 amide bonds. The predicted octanol–water partition coefficient (Wildman–Crippen LogP) is 23.1. The molecule has 17 nitrogen and oxygen atoms in total. The van der Waals surface area contributed by atoms with Gasteiger partial charge in [-0.05, 0) is 103 Å². The van der Waals surface area contributed by atoms with Crippen LogP contribution in [0.3, 0.4) is 0 Å². The van der Waals surface area contributed by atoms with Crippen molar-refractivity contribution in [3.05, 3.63) is 122 Å². The van der Waals surface area contributed by atoms with Crippen molar-refractivity contribution < 1.29 is 80.2 Å². The number of hydrogen-bond acceptors (Lipinski definition) is 15. The lowest BCUT2D eigenvalue weighted by Crippen LogP contribution is -2.30. The molecule has 0 radical (unpaired) electrons. The van der Waals surface area contributed by atoms with Crippen LogP contribution in [0.5, 0.6) is 0 Å². The summed E-state index contributed by atoms with van der Waals surface area (Å²) in [5.41, 5.74) is 0. The lowest BCUT2D eigenvalue weighted by Gasteiger charge is -2.21. The van der Waals surface area contributed by atoms with E-state index in [1.807, 2.05) is 30.4 Å². The summed E-state index contributed by atoms with van der Waals surface area (Å²) < 4.78 is 68.4. The highest BCUT2D eigenvalue weighted by molar-refractivity contribution is 7.47. The first-order chi connectivity index (χ1) is 49.7. The van der Waals surface area contributed by atoms with E-state index in [9.17, 15) is 43.2 Å². The first-order valence-corrected chi connectivity index (χ1v) is 42.8. The first kappa shape index (κ1) is 97.5. The van der Waals surface area contributed by atoms with Gasteiger partial charge in [0, 0.05) is 25.7 Å². The summed E-state index contributed by atoms with van der Waals surface area (Å²) in [7, 11) is -9.99. The number of esters is 4. The Morgan fingerprint density at radius 3 is 0.882 bits per heavy atom. The second kappa shape index (κ2) is 74.7. The molecule has 0 saturated heterocycles. The van der Waals surface area contributed by atoms with Crippen LogP contribution in [0, 0.1) is 0 Å². The quantitative estimate of drug-likeness (QED) is 0.0169. The van der Waals surface area contributed by atoms with E-state index in [0.29, 0.717) is 38.5 Å². The Bertz CT molecular complexity index is 2410. The molecule has 0 bridgehead atoms. The van der Waals surface area contributed by atoms with Crippen molar-refractivity contribution in [2.24, 2.45) is 0 Å². The fourth-order valence-corrected chi connectivity index (χ4v) is 12.0. The third-order valence-electron chi connectivity index (χ3n) is 16.5. The number of phosphoric acid groups is 2. The summed E-state index contributed by atoms with van der Waals surface area (Å²) in [5.74, 6) is -2.33. The smallest absolute Gasteiger partial charge is 0.462 e. The minimum Gasteiger partial charge on any atom is -0.462 e. The normalized spacial score (nSPS) is 14.5. The van der Waals surface area contributed by atoms with Crippen LogP contribution in [0.4, 0.5) is 0 Å². The van der Waals surface area contributed by atoms with E-state index >= 15 is 0 Å². The zero-order valence-electron chi connectivity index (χ0n) is 64.0. The van der Waals surface area contributed by atoms with Gasteiger partial charge in [0.15, 0.2) is 12.2 Å². The van der Waals surface area contributed by atoms with E-state index in [1.54, 1.807) is 0 Å². The molecule has 0 heterocycles. The molecule has 586 valence electrons. The molecule has 0 aromatic carbocycles. The highest BCUT2D eigenvalue weighted by atomic mass is 31.2. The minimum atomic E-state index is -5.01. The molecule has 3 N–H and O–H groups in total. The maximum Gasteiger partial charge on any atom is 0.472 e. The molecule has 0 aromatic rings. The van der Waals surface area contributed by atoms with E-state index in [4.69, 9.17) is 37.0 Å². The van der Waals surface area contributed by atoms with Gasteiger partial charge in [-0.15, -0.1) is 0 Å². The van der Waals surface area contributed by atoms with Crippen LogP contribution in [-0.4, -0.2) is 96.7 Å². The maximum atomic E-state index is 13.1. The Labute approximate surface area is 619 Å². The summed E-state index contributed by atoms with van der Waals surface area (Å²) in [6.45, 7) is 4.61. The Morgan fingerprint density at radius 2 is 0.539 bits per heavy atom. The summed E-state index contributed by atoms with van der Waals surface area (Å²) in [6.07, 6.45) is 82.0. The van der Waals surface area contributed by atoms with E-state index < -0.39 is 97.5 Å². The number of rotatable bonds is 74. The number of aliphatic hydroxyl groups is 1. The fraction of sp³-hybridized carbons (Fsp3) is 0.711. The van der Waals surface area contributed by atoms with Crippen molar-refractivity contribution in [1.82, 2.24) is 0 Å². The Hall–Kier alpha value is -4.54. The monoisotopic (exact) mass is 1470 g/mol. The van der Waals surface area contributed by atoms with Gasteiger partial charge >= 0.3 is 39.5 Å². The number of carbonyl (C=O) groups excluding carboxylic acids is 4. The van der Waals surface area contributed by atoms with Crippen molar-refractivity contribution in [3.63, 3.8) is 0 Å². The molecule has 0 rings (SSSR count). The average molecular weight is 1470 g/mol. The molecule has 0 aromatic heterocycles. The molecule has 0 aliphatic heterocycles. The van der Waals surface area contributed by atoms with Crippen molar-refractivity contribution >= 4 is 39.5 Å². The zero-order valence-corrected chi connectivity index (χ0v) is 65.8. The second-order valence-electron chi connectivity index (χ2n) is 26.3. The summed E-state index contributed by atoms with van der Waals surface area (Å²) in [5, 5.41) is 10.6. The summed E-state index contributed by atoms with van der Waals surface area (Å²) in [4.78, 5) is 72.9. The molecule has 0 saturated carbocycles. The Morgan fingerprint density at radius 1 is 0.284 bits per heavy atom. The molecular formula is C83H142O17P2. The van der Waals surface area contributed by atoms with Gasteiger partial charge in [0.2, 0.25) is 0 Å². The van der Waals surface area contributed by atoms with Gasteiger partial charge in [-0.25, -0.2) is 9.13 Å². The van der Waals surface area contributed by atoms with E-state index in [0.717, 1.165) is 103 Å². The van der Waals surface area contributed by atoms with Crippen LogP contribution in [0.1, 0.15) is 323 Å². The molecule has 0 spiro atoms. The number of hydrogen-bond donors (Lipinski definition) is 3. The van der Waals surface area contributed by atoms with Crippen LogP contribution in [0.25, 0.3) is 0 Å². The van der Waals surface area contributed by atoms with Crippen LogP contribution in [0.15, 0.2) is 122 Å². The number of aliphatic hydroxyl groups excluding tert-OH is 1. The van der Waals surface area contributed by atoms with E-state index in [1.165, 1.54) is 128 Å². The second-order valence-corrected chi connectivity index (χ2v) is 29.2. The van der Waals surface area contributed by atoms with Gasteiger partial charge < -0.3 is 33.8 Å². The predicted molar refractivity (Wildman–Crippen MR) is 418 cm³/mol. The van der Waals surface area contributed by atoms with Gasteiger partial charge in [-0.2, -0.15) is 0 Å². The molecule has 2 unspecified atom stereocenters. The molecule has 0 aliphatic rings. The number of ether oxygens (including phenoxy) is 4. The van der Waals surface area contributed by atoms with Crippen LogP contribution >= 0.6 is 15.6 Å². The molecule has 0 aliphatic carbocycles. The molecule has 0 fully saturated rings. The highest BCUT2D eigenvalue weighted by Crippen LogP contribution is 2.45. The molecule has 102 heavy (non-hydrogen) atoms. The lowest BCUT2D eigenvalue weighted by molar-refractivity contribution is -0.161. The largest absolute Gasteiger partial charge is 0.472 e. The van der Waals surface area contributed by atoms with Crippen LogP contribution < -0.4 is 0 Å². The lowest BCUT2D eigenvalue weighted by atomic mass is 10.0. The van der Waals surface area contributed by atoms with Gasteiger partial charge in [0.1, 0.15) is 19.3 Å². The van der Waals surface area contributed by atoms with Gasteiger partial charge in [0.25, 0.3) is 0 Å². The third kappa shape index (κ3) is 73.8. The summed E-state index contributed by atoms with van der Waals surface area (Å²) >= 11 is 0. The summed E-state index contributed by atoms with van der Waals surface area (Å²) in [6, 6.07) is 0. The SMILES string of the molecule is CC/C=C\C/C=C\C/C=C\C/C=C\C/C=C\C/C=C\CCC(=O)OC[C@H](COP(=O)(O)OC[C@@H](O)COP(=O)(O)OC[C@@H](COC(=O)CCCCCCCCCCCCCCC)OC(=O)CCCCCCCCCCCCCCC)OC(=O)CCC/C=C\C/C=C\C/C=C\C/C=C\CCCCC. The fourth-order valence-electron chi connectivity index (χ4n) is 10.4. The van der Waals surface area contributed by atoms with E-state index in [-0.39, 0.29) is 25.7 Å². The van der Waals surface area contributed by atoms with E-state index in [2.05, 4.69) is 119 Å². The van der Waals surface area contributed by atoms with Gasteiger partial charge in [-0.1, -0.05) is 316 Å². The number of phosphoric ester groups is 2. The van der Waals surface area contributed by atoms with Crippen molar-refractivity contribution in [3.8, 4) is 0 Å². The minimum absolute atomic E-state index is 0.00141. The van der Waals surface area contributed by atoms with Gasteiger partial charge in [-0.3, -0.25) is 37.3 Å². The van der Waals surface area contributed by atoms with Crippen molar-refractivity contribution in [2.45, 2.75) is 341 Å². The number of unbranched alkanes of at least 4 members (excludes halogenated alkanes) is 28. The topological polar surface area (TPSA) is 237 Å². The van der Waals surface area contributed by atoms with Crippen molar-refractivity contribution in [1.29, 1.82) is 0 Å².